The summed E-state index contributed by atoms with van der Waals surface area (Å²) in [4.78, 5) is 11.8. The Hall–Kier alpha value is -1.87. The van der Waals surface area contributed by atoms with E-state index >= 15 is 0 Å². The Kier molecular flexibility index (Phi) is 3.40. The predicted octanol–water partition coefficient (Wildman–Crippen LogP) is 1.95. The maximum Gasteiger partial charge on any atom is 0.251 e. The minimum Gasteiger partial charge on any atom is -0.394 e. The van der Waals surface area contributed by atoms with Gasteiger partial charge in [0, 0.05) is 11.6 Å². The number of nitrogens with one attached hydrogen (secondary N) is 1. The van der Waals surface area contributed by atoms with Gasteiger partial charge in [0.1, 0.15) is 0 Å². The summed E-state index contributed by atoms with van der Waals surface area (Å²) in [7, 11) is 0. The first-order chi connectivity index (χ1) is 8.20. The van der Waals surface area contributed by atoms with Crippen molar-refractivity contribution in [3.05, 3.63) is 48.0 Å². The van der Waals surface area contributed by atoms with Crippen molar-refractivity contribution in [3.8, 4) is 0 Å². The lowest BCUT2D eigenvalue weighted by atomic mass is 10.1. The molecule has 2 N–H and O–H groups in total. The molecule has 0 spiro atoms. The molecule has 17 heavy (non-hydrogen) atoms. The number of fused-ring (bicyclic) bond motifs is 1. The number of rotatable bonds is 3. The van der Waals surface area contributed by atoms with E-state index in [1.54, 1.807) is 13.0 Å². The fourth-order valence-electron chi connectivity index (χ4n) is 1.68. The molecule has 3 heteroatoms. The molecular formula is C14H15NO2. The van der Waals surface area contributed by atoms with Crippen molar-refractivity contribution in [3.63, 3.8) is 0 Å². The van der Waals surface area contributed by atoms with Crippen molar-refractivity contribution >= 4 is 16.7 Å². The fourth-order valence-corrected chi connectivity index (χ4v) is 1.68. The number of carbonyl (C=O) groups excluding carboxylic acids is 1. The summed E-state index contributed by atoms with van der Waals surface area (Å²) in [5.74, 6) is -0.155. The maximum atomic E-state index is 11.8. The zero-order chi connectivity index (χ0) is 12.3. The molecule has 0 aliphatic heterocycles. The smallest absolute Gasteiger partial charge is 0.251 e. The zero-order valence-electron chi connectivity index (χ0n) is 9.68. The summed E-state index contributed by atoms with van der Waals surface area (Å²) in [6.45, 7) is 1.71. The van der Waals surface area contributed by atoms with E-state index in [1.165, 1.54) is 0 Å². The van der Waals surface area contributed by atoms with Crippen LogP contribution in [0.25, 0.3) is 10.8 Å². The summed E-state index contributed by atoms with van der Waals surface area (Å²) in [5, 5.41) is 13.8. The van der Waals surface area contributed by atoms with Gasteiger partial charge in [-0.1, -0.05) is 30.3 Å². The molecule has 0 radical (unpaired) electrons. The second-order valence-electron chi connectivity index (χ2n) is 4.12. The van der Waals surface area contributed by atoms with Crippen LogP contribution in [-0.2, 0) is 0 Å². The Morgan fingerprint density at radius 2 is 1.94 bits per heavy atom. The van der Waals surface area contributed by atoms with Gasteiger partial charge in [0.15, 0.2) is 0 Å². The summed E-state index contributed by atoms with van der Waals surface area (Å²) >= 11 is 0. The first kappa shape index (κ1) is 11.6. The molecule has 0 saturated carbocycles. The van der Waals surface area contributed by atoms with Gasteiger partial charge >= 0.3 is 0 Å². The van der Waals surface area contributed by atoms with Crippen LogP contribution in [-0.4, -0.2) is 23.7 Å². The Balaban J connectivity index is 2.27. The zero-order valence-corrected chi connectivity index (χ0v) is 9.68. The first-order valence-corrected chi connectivity index (χ1v) is 5.61. The van der Waals surface area contributed by atoms with Crippen LogP contribution in [0, 0.1) is 0 Å². The molecule has 2 rings (SSSR count). The highest BCUT2D eigenvalue weighted by Crippen LogP contribution is 2.15. The second-order valence-corrected chi connectivity index (χ2v) is 4.12. The third-order valence-electron chi connectivity index (χ3n) is 2.66. The molecule has 0 aromatic heterocycles. The number of aliphatic hydroxyl groups excluding tert-OH is 1. The van der Waals surface area contributed by atoms with Crippen LogP contribution >= 0.6 is 0 Å². The van der Waals surface area contributed by atoms with E-state index in [0.717, 1.165) is 10.8 Å². The lowest BCUT2D eigenvalue weighted by molar-refractivity contribution is 0.0922. The number of benzene rings is 2. The molecular weight excluding hydrogens is 214 g/mol. The van der Waals surface area contributed by atoms with E-state index in [0.29, 0.717) is 5.56 Å². The van der Waals surface area contributed by atoms with Crippen LogP contribution in [0.3, 0.4) is 0 Å². The SMILES string of the molecule is CC(CO)NC(=O)c1ccc2ccccc2c1. The minimum atomic E-state index is -0.228. The van der Waals surface area contributed by atoms with Crippen LogP contribution in [0.2, 0.25) is 0 Å². The number of hydrogen-bond acceptors (Lipinski definition) is 2. The number of amides is 1. The summed E-state index contributed by atoms with van der Waals surface area (Å²) in [6, 6.07) is 13.2. The highest BCUT2D eigenvalue weighted by atomic mass is 16.3. The molecule has 2 aromatic rings. The van der Waals surface area contributed by atoms with Crippen molar-refractivity contribution in [1.29, 1.82) is 0 Å². The van der Waals surface area contributed by atoms with E-state index in [1.807, 2.05) is 36.4 Å². The molecule has 1 amide bonds. The Morgan fingerprint density at radius 1 is 1.24 bits per heavy atom. The predicted molar refractivity (Wildman–Crippen MR) is 68.0 cm³/mol. The minimum absolute atomic E-state index is 0.0562. The second kappa shape index (κ2) is 4.97. The number of hydrogen-bond donors (Lipinski definition) is 2. The Morgan fingerprint density at radius 3 is 2.65 bits per heavy atom. The summed E-state index contributed by atoms with van der Waals surface area (Å²) in [5.41, 5.74) is 0.615. The van der Waals surface area contributed by atoms with Crippen molar-refractivity contribution in [1.82, 2.24) is 5.32 Å². The summed E-state index contributed by atoms with van der Waals surface area (Å²) in [6.07, 6.45) is 0. The Labute approximate surface area is 100 Å². The van der Waals surface area contributed by atoms with Gasteiger partial charge in [-0.05, 0) is 29.8 Å². The van der Waals surface area contributed by atoms with Crippen LogP contribution in [0.15, 0.2) is 42.5 Å². The molecule has 1 atom stereocenters. The van der Waals surface area contributed by atoms with E-state index < -0.39 is 0 Å². The highest BCUT2D eigenvalue weighted by molar-refractivity contribution is 5.98. The lowest BCUT2D eigenvalue weighted by Gasteiger charge is -2.11. The quantitative estimate of drug-likeness (QED) is 0.845. The maximum absolute atomic E-state index is 11.8. The van der Waals surface area contributed by atoms with Gasteiger partial charge in [0.05, 0.1) is 6.61 Å². The van der Waals surface area contributed by atoms with Crippen molar-refractivity contribution in [2.24, 2.45) is 0 Å². The molecule has 0 fully saturated rings. The molecule has 2 aromatic carbocycles. The lowest BCUT2D eigenvalue weighted by Crippen LogP contribution is -2.34. The molecule has 0 bridgehead atoms. The van der Waals surface area contributed by atoms with Crippen LogP contribution < -0.4 is 5.32 Å². The monoisotopic (exact) mass is 229 g/mol. The van der Waals surface area contributed by atoms with Crippen LogP contribution in [0.5, 0.6) is 0 Å². The molecule has 1 unspecified atom stereocenters. The third-order valence-corrected chi connectivity index (χ3v) is 2.66. The molecule has 0 heterocycles. The normalized spacial score (nSPS) is 12.4. The van der Waals surface area contributed by atoms with Crippen LogP contribution in [0.1, 0.15) is 17.3 Å². The van der Waals surface area contributed by atoms with Gasteiger partial charge in [0.25, 0.3) is 5.91 Å². The third kappa shape index (κ3) is 2.63. The van der Waals surface area contributed by atoms with Gasteiger partial charge < -0.3 is 10.4 Å². The molecule has 0 saturated heterocycles. The molecule has 0 aliphatic rings. The van der Waals surface area contributed by atoms with Crippen molar-refractivity contribution in [2.45, 2.75) is 13.0 Å². The summed E-state index contributed by atoms with van der Waals surface area (Å²) < 4.78 is 0. The fraction of sp³-hybridized carbons (Fsp3) is 0.214. The van der Waals surface area contributed by atoms with Gasteiger partial charge in [0.2, 0.25) is 0 Å². The highest BCUT2D eigenvalue weighted by Gasteiger charge is 2.08. The van der Waals surface area contributed by atoms with Crippen LogP contribution in [0.4, 0.5) is 0 Å². The molecule has 3 nitrogen and oxygen atoms in total. The first-order valence-electron chi connectivity index (χ1n) is 5.61. The van der Waals surface area contributed by atoms with E-state index in [4.69, 9.17) is 5.11 Å². The number of carbonyl (C=O) groups is 1. The number of aliphatic hydroxyl groups is 1. The van der Waals surface area contributed by atoms with E-state index in [2.05, 4.69) is 5.32 Å². The van der Waals surface area contributed by atoms with Gasteiger partial charge in [-0.2, -0.15) is 0 Å². The van der Waals surface area contributed by atoms with Crippen molar-refractivity contribution < 1.29 is 9.90 Å². The van der Waals surface area contributed by atoms with Gasteiger partial charge in [-0.15, -0.1) is 0 Å². The molecule has 0 aliphatic carbocycles. The largest absolute Gasteiger partial charge is 0.394 e. The average Bonchev–Trinajstić information content (AvgIpc) is 2.38. The average molecular weight is 229 g/mol. The molecule has 88 valence electrons. The van der Waals surface area contributed by atoms with E-state index in [-0.39, 0.29) is 18.6 Å². The topological polar surface area (TPSA) is 49.3 Å². The van der Waals surface area contributed by atoms with Gasteiger partial charge in [-0.3, -0.25) is 4.79 Å². The Bertz CT molecular complexity index is 536. The van der Waals surface area contributed by atoms with Gasteiger partial charge in [-0.25, -0.2) is 0 Å². The standard InChI is InChI=1S/C14H15NO2/c1-10(9-16)15-14(17)13-7-6-11-4-2-3-5-12(11)8-13/h2-8,10,16H,9H2,1H3,(H,15,17). The van der Waals surface area contributed by atoms with Crippen molar-refractivity contribution in [2.75, 3.05) is 6.61 Å². The van der Waals surface area contributed by atoms with E-state index in [9.17, 15) is 4.79 Å².